The number of nitrogens with one attached hydrogen (secondary N) is 2. The standard InChI is InChI=1S/C27H26Cl2N4O4S/c1-33-20-10-9-16(28)13-18(20)23(17-7-5-6-8-19(17)29)31-25(26(33)34)32-27(38)30-14-15-11-21(35-2)24(37-4)22(12-15)36-3/h5-13,25H,14H2,1-4H3,(H2,30,32,38). The Morgan fingerprint density at radius 2 is 1.68 bits per heavy atom. The van der Waals surface area contributed by atoms with Gasteiger partial charge in [-0.05, 0) is 54.2 Å². The number of amides is 1. The summed E-state index contributed by atoms with van der Waals surface area (Å²) < 4.78 is 16.2. The summed E-state index contributed by atoms with van der Waals surface area (Å²) >= 11 is 18.4. The highest BCUT2D eigenvalue weighted by Gasteiger charge is 2.31. The Hall–Kier alpha value is -3.53. The normalized spacial score (nSPS) is 14.7. The minimum absolute atomic E-state index is 0.233. The first-order valence-corrected chi connectivity index (χ1v) is 12.7. The first-order valence-electron chi connectivity index (χ1n) is 11.5. The lowest BCUT2D eigenvalue weighted by Gasteiger charge is -2.22. The van der Waals surface area contributed by atoms with Crippen molar-refractivity contribution in [3.05, 3.63) is 81.3 Å². The molecular formula is C27H26Cl2N4O4S. The van der Waals surface area contributed by atoms with Crippen molar-refractivity contribution in [2.75, 3.05) is 33.3 Å². The first kappa shape index (κ1) is 27.5. The highest BCUT2D eigenvalue weighted by atomic mass is 35.5. The van der Waals surface area contributed by atoms with Gasteiger partial charge in [0.1, 0.15) is 0 Å². The number of rotatable bonds is 7. The van der Waals surface area contributed by atoms with Gasteiger partial charge in [0, 0.05) is 34.8 Å². The van der Waals surface area contributed by atoms with Crippen molar-refractivity contribution >= 4 is 57.8 Å². The van der Waals surface area contributed by atoms with Gasteiger partial charge >= 0.3 is 0 Å². The van der Waals surface area contributed by atoms with Gasteiger partial charge in [-0.25, -0.2) is 4.99 Å². The number of halogens is 2. The van der Waals surface area contributed by atoms with Crippen LogP contribution in [0.5, 0.6) is 17.2 Å². The molecule has 0 fully saturated rings. The molecule has 0 bridgehead atoms. The summed E-state index contributed by atoms with van der Waals surface area (Å²) in [5.74, 6) is 1.24. The van der Waals surface area contributed by atoms with Crippen LogP contribution in [0.4, 0.5) is 5.69 Å². The maximum absolute atomic E-state index is 13.5. The van der Waals surface area contributed by atoms with E-state index in [0.717, 1.165) is 5.56 Å². The largest absolute Gasteiger partial charge is 0.493 e. The fourth-order valence-corrected chi connectivity index (χ4v) is 4.68. The Morgan fingerprint density at radius 3 is 2.32 bits per heavy atom. The summed E-state index contributed by atoms with van der Waals surface area (Å²) in [4.78, 5) is 19.8. The molecule has 1 atom stereocenters. The van der Waals surface area contributed by atoms with Gasteiger partial charge in [-0.2, -0.15) is 0 Å². The summed E-state index contributed by atoms with van der Waals surface area (Å²) in [6.07, 6.45) is -1.02. The molecule has 0 saturated carbocycles. The number of fused-ring (bicyclic) bond motifs is 1. The van der Waals surface area contributed by atoms with Gasteiger partial charge in [-0.1, -0.05) is 41.4 Å². The highest BCUT2D eigenvalue weighted by molar-refractivity contribution is 7.80. The number of thiocarbonyl (C=S) groups is 1. The molecule has 1 aliphatic heterocycles. The molecule has 0 radical (unpaired) electrons. The van der Waals surface area contributed by atoms with E-state index in [0.29, 0.717) is 56.4 Å². The van der Waals surface area contributed by atoms with Gasteiger partial charge in [-0.15, -0.1) is 0 Å². The van der Waals surface area contributed by atoms with E-state index in [4.69, 9.17) is 54.6 Å². The van der Waals surface area contributed by atoms with E-state index in [9.17, 15) is 4.79 Å². The third kappa shape index (κ3) is 5.65. The molecule has 3 aromatic rings. The quantitative estimate of drug-likeness (QED) is 0.392. The smallest absolute Gasteiger partial charge is 0.272 e. The number of methoxy groups -OCH3 is 3. The number of anilines is 1. The second-order valence-corrected chi connectivity index (χ2v) is 9.53. The molecule has 4 rings (SSSR count). The number of benzodiazepines with no additional fused rings is 1. The number of carbonyl (C=O) groups excluding carboxylic acids is 1. The molecule has 0 aliphatic carbocycles. The van der Waals surface area contributed by atoms with Crippen molar-refractivity contribution < 1.29 is 19.0 Å². The molecule has 1 amide bonds. The zero-order valence-corrected chi connectivity index (χ0v) is 23.5. The van der Waals surface area contributed by atoms with Crippen molar-refractivity contribution in [3.8, 4) is 17.2 Å². The van der Waals surface area contributed by atoms with Crippen LogP contribution < -0.4 is 29.7 Å². The van der Waals surface area contributed by atoms with E-state index in [1.54, 1.807) is 52.6 Å². The van der Waals surface area contributed by atoms with Gasteiger partial charge in [-0.3, -0.25) is 4.79 Å². The Labute approximate surface area is 236 Å². The van der Waals surface area contributed by atoms with Crippen LogP contribution in [0.3, 0.4) is 0 Å². The molecule has 0 aromatic heterocycles. The van der Waals surface area contributed by atoms with Crippen LogP contribution in [0.2, 0.25) is 10.0 Å². The van der Waals surface area contributed by atoms with E-state index in [1.165, 1.54) is 4.90 Å². The average Bonchev–Trinajstić information content (AvgIpc) is 3.01. The van der Waals surface area contributed by atoms with E-state index in [2.05, 4.69) is 10.6 Å². The highest BCUT2D eigenvalue weighted by Crippen LogP contribution is 2.38. The predicted molar refractivity (Wildman–Crippen MR) is 154 cm³/mol. The van der Waals surface area contributed by atoms with Gasteiger partial charge in [0.25, 0.3) is 5.91 Å². The molecule has 198 valence electrons. The molecule has 38 heavy (non-hydrogen) atoms. The van der Waals surface area contributed by atoms with Crippen LogP contribution in [0, 0.1) is 0 Å². The molecular weight excluding hydrogens is 547 g/mol. The van der Waals surface area contributed by atoms with Crippen LogP contribution in [0.1, 0.15) is 16.7 Å². The molecule has 11 heteroatoms. The maximum atomic E-state index is 13.5. The summed E-state index contributed by atoms with van der Waals surface area (Å²) in [6, 6.07) is 16.2. The molecule has 1 aliphatic rings. The second-order valence-electron chi connectivity index (χ2n) is 8.28. The van der Waals surface area contributed by atoms with Crippen LogP contribution in [-0.4, -0.2) is 51.3 Å². The minimum atomic E-state index is -1.02. The van der Waals surface area contributed by atoms with Crippen molar-refractivity contribution in [2.45, 2.75) is 12.7 Å². The molecule has 1 heterocycles. The molecule has 1 unspecified atom stereocenters. The summed E-state index contributed by atoms with van der Waals surface area (Å²) in [7, 11) is 6.33. The Bertz CT molecular complexity index is 1390. The Kier molecular flexibility index (Phi) is 8.61. The summed E-state index contributed by atoms with van der Waals surface area (Å²) in [5.41, 5.74) is 3.36. The third-order valence-corrected chi connectivity index (χ3v) is 6.80. The monoisotopic (exact) mass is 572 g/mol. The number of nitrogens with zero attached hydrogens (tertiary/aromatic N) is 2. The predicted octanol–water partition coefficient (Wildman–Crippen LogP) is 4.82. The molecule has 0 saturated heterocycles. The number of likely N-dealkylation sites (N-methyl/N-ethyl adjacent to an activating group) is 1. The van der Waals surface area contributed by atoms with Crippen molar-refractivity contribution in [2.24, 2.45) is 4.99 Å². The topological polar surface area (TPSA) is 84.4 Å². The summed E-state index contributed by atoms with van der Waals surface area (Å²) in [5, 5.41) is 7.40. The van der Waals surface area contributed by atoms with Crippen LogP contribution in [0.15, 0.2) is 59.6 Å². The Balaban J connectivity index is 1.62. The van der Waals surface area contributed by atoms with Gasteiger partial charge in [0.2, 0.25) is 11.9 Å². The second kappa shape index (κ2) is 11.9. The first-order chi connectivity index (χ1) is 18.3. The lowest BCUT2D eigenvalue weighted by molar-refractivity contribution is -0.119. The number of carbonyl (C=O) groups is 1. The van der Waals surface area contributed by atoms with Gasteiger partial charge in [0.05, 0.1) is 32.7 Å². The number of hydrogen-bond donors (Lipinski definition) is 2. The van der Waals surface area contributed by atoms with Crippen LogP contribution in [-0.2, 0) is 11.3 Å². The van der Waals surface area contributed by atoms with Crippen molar-refractivity contribution in [1.82, 2.24) is 10.6 Å². The van der Waals surface area contributed by atoms with Crippen molar-refractivity contribution in [1.29, 1.82) is 0 Å². The van der Waals surface area contributed by atoms with Crippen LogP contribution >= 0.6 is 35.4 Å². The average molecular weight is 574 g/mol. The van der Waals surface area contributed by atoms with Crippen LogP contribution in [0.25, 0.3) is 0 Å². The third-order valence-electron chi connectivity index (χ3n) is 5.97. The fourth-order valence-electron chi connectivity index (χ4n) is 4.10. The molecule has 2 N–H and O–H groups in total. The lowest BCUT2D eigenvalue weighted by atomic mass is 10.00. The van der Waals surface area contributed by atoms with E-state index in [1.807, 2.05) is 30.3 Å². The van der Waals surface area contributed by atoms with Gasteiger partial charge in [0.15, 0.2) is 16.6 Å². The Morgan fingerprint density at radius 1 is 1.00 bits per heavy atom. The maximum Gasteiger partial charge on any atom is 0.272 e. The number of ether oxygens (including phenoxy) is 3. The van der Waals surface area contributed by atoms with E-state index < -0.39 is 6.17 Å². The van der Waals surface area contributed by atoms with E-state index in [-0.39, 0.29) is 11.0 Å². The van der Waals surface area contributed by atoms with Crippen molar-refractivity contribution in [3.63, 3.8) is 0 Å². The molecule has 8 nitrogen and oxygen atoms in total. The molecule has 0 spiro atoms. The number of benzene rings is 3. The zero-order valence-electron chi connectivity index (χ0n) is 21.2. The van der Waals surface area contributed by atoms with Gasteiger partial charge < -0.3 is 29.7 Å². The minimum Gasteiger partial charge on any atom is -0.493 e. The number of aliphatic imine (C=N–C) groups is 1. The lowest BCUT2D eigenvalue weighted by Crippen LogP contribution is -2.49. The summed E-state index contributed by atoms with van der Waals surface area (Å²) in [6.45, 7) is 0.330. The zero-order chi connectivity index (χ0) is 27.4. The number of hydrogen-bond acceptors (Lipinski definition) is 6. The fraction of sp³-hybridized carbons (Fsp3) is 0.222. The van der Waals surface area contributed by atoms with E-state index >= 15 is 0 Å². The SMILES string of the molecule is COc1cc(CNC(=S)NC2N=C(c3ccccc3Cl)c3cc(Cl)ccc3N(C)C2=O)cc(OC)c1OC. The molecule has 3 aromatic carbocycles.